The zero-order valence-corrected chi connectivity index (χ0v) is 20.0. The molecule has 0 N–H and O–H groups in total. The van der Waals surface area contributed by atoms with Crippen LogP contribution in [0, 0.1) is 0 Å². The van der Waals surface area contributed by atoms with Gasteiger partial charge in [0.15, 0.2) is 12.4 Å². The first-order valence-corrected chi connectivity index (χ1v) is 11.5. The van der Waals surface area contributed by atoms with Crippen LogP contribution in [-0.4, -0.2) is 51.7 Å². The molecule has 0 radical (unpaired) electrons. The summed E-state index contributed by atoms with van der Waals surface area (Å²) in [4.78, 5) is 16.9. The average Bonchev–Trinajstić information content (AvgIpc) is 3.25. The monoisotopic (exact) mass is 512 g/mol. The van der Waals surface area contributed by atoms with Gasteiger partial charge in [0.2, 0.25) is 0 Å². The number of ether oxygens (including phenoxy) is 1. The summed E-state index contributed by atoms with van der Waals surface area (Å²) in [5.74, 6) is 0.387. The predicted octanol–water partition coefficient (Wildman–Crippen LogP) is 5.49. The Morgan fingerprint density at radius 3 is 2.34 bits per heavy atom. The van der Waals surface area contributed by atoms with Crippen molar-refractivity contribution >= 4 is 52.3 Å². The van der Waals surface area contributed by atoms with Crippen LogP contribution in [0.25, 0.3) is 0 Å². The summed E-state index contributed by atoms with van der Waals surface area (Å²) >= 11 is 24.6. The van der Waals surface area contributed by atoms with Crippen LogP contribution < -0.4 is 4.74 Å². The van der Waals surface area contributed by atoms with E-state index < -0.39 is 0 Å². The number of halogens is 4. The minimum absolute atomic E-state index is 0.108. The van der Waals surface area contributed by atoms with E-state index in [4.69, 9.17) is 51.1 Å². The Bertz CT molecular complexity index is 1090. The summed E-state index contributed by atoms with van der Waals surface area (Å²) in [7, 11) is 0. The van der Waals surface area contributed by atoms with Crippen LogP contribution in [0.1, 0.15) is 16.1 Å². The Labute approximate surface area is 206 Å². The van der Waals surface area contributed by atoms with Gasteiger partial charge in [0.05, 0.1) is 5.02 Å². The molecule has 2 aromatic carbocycles. The van der Waals surface area contributed by atoms with E-state index in [1.807, 2.05) is 18.2 Å². The fourth-order valence-electron chi connectivity index (χ4n) is 3.45. The van der Waals surface area contributed by atoms with Gasteiger partial charge in [0, 0.05) is 59.6 Å². The standard InChI is InChI=1S/C22H20Cl4N4O2/c23-15-4-5-21(19(26)12-15)32-14-30-7-6-20(27-30)22(31)29-10-8-28(9-11-29)13-16-17(24)2-1-3-18(16)25/h1-7,12H,8-11,13-14H2. The van der Waals surface area contributed by atoms with Crippen molar-refractivity contribution in [2.75, 3.05) is 26.2 Å². The van der Waals surface area contributed by atoms with Crippen molar-refractivity contribution in [3.63, 3.8) is 0 Å². The molecule has 1 aliphatic rings. The van der Waals surface area contributed by atoms with Crippen molar-refractivity contribution in [1.29, 1.82) is 0 Å². The summed E-state index contributed by atoms with van der Waals surface area (Å²) in [6.07, 6.45) is 1.70. The fourth-order valence-corrected chi connectivity index (χ4v) is 4.43. The Hall–Kier alpha value is -1.96. The van der Waals surface area contributed by atoms with Gasteiger partial charge in [-0.05, 0) is 36.4 Å². The Kier molecular flexibility index (Phi) is 7.48. The summed E-state index contributed by atoms with van der Waals surface area (Å²) in [5.41, 5.74) is 1.29. The second-order valence-corrected chi connectivity index (χ2v) is 9.02. The molecule has 10 heteroatoms. The zero-order chi connectivity index (χ0) is 22.7. The number of aromatic nitrogens is 2. The van der Waals surface area contributed by atoms with Gasteiger partial charge >= 0.3 is 0 Å². The number of carbonyl (C=O) groups excluding carboxylic acids is 1. The predicted molar refractivity (Wildman–Crippen MR) is 127 cm³/mol. The van der Waals surface area contributed by atoms with Crippen LogP contribution in [-0.2, 0) is 13.3 Å². The molecular weight excluding hydrogens is 494 g/mol. The molecule has 0 spiro atoms. The fraction of sp³-hybridized carbons (Fsp3) is 0.273. The molecule has 4 rings (SSSR count). The zero-order valence-electron chi connectivity index (χ0n) is 17.0. The van der Waals surface area contributed by atoms with E-state index in [2.05, 4.69) is 10.00 Å². The van der Waals surface area contributed by atoms with E-state index in [0.717, 1.165) is 18.7 Å². The highest BCUT2D eigenvalue weighted by Crippen LogP contribution is 2.28. The number of hydrogen-bond acceptors (Lipinski definition) is 4. The highest BCUT2D eigenvalue weighted by atomic mass is 35.5. The average molecular weight is 514 g/mol. The van der Waals surface area contributed by atoms with E-state index >= 15 is 0 Å². The molecule has 6 nitrogen and oxygen atoms in total. The van der Waals surface area contributed by atoms with Crippen LogP contribution in [0.5, 0.6) is 5.75 Å². The number of hydrogen-bond donors (Lipinski definition) is 0. The van der Waals surface area contributed by atoms with Crippen LogP contribution in [0.3, 0.4) is 0 Å². The van der Waals surface area contributed by atoms with Gasteiger partial charge in [-0.25, -0.2) is 4.68 Å². The topological polar surface area (TPSA) is 50.6 Å². The summed E-state index contributed by atoms with van der Waals surface area (Å²) < 4.78 is 7.21. The minimum atomic E-state index is -0.108. The minimum Gasteiger partial charge on any atom is -0.470 e. The Balaban J connectivity index is 1.30. The molecular formula is C22H20Cl4N4O2. The highest BCUT2D eigenvalue weighted by molar-refractivity contribution is 6.36. The molecule has 1 saturated heterocycles. The maximum Gasteiger partial charge on any atom is 0.274 e. The third kappa shape index (κ3) is 5.50. The van der Waals surface area contributed by atoms with Crippen LogP contribution in [0.15, 0.2) is 48.7 Å². The van der Waals surface area contributed by atoms with E-state index in [0.29, 0.717) is 51.2 Å². The quantitative estimate of drug-likeness (QED) is 0.437. The van der Waals surface area contributed by atoms with Gasteiger partial charge in [0.1, 0.15) is 5.75 Å². The second-order valence-electron chi connectivity index (χ2n) is 7.36. The first-order chi connectivity index (χ1) is 15.4. The third-order valence-corrected chi connectivity index (χ3v) is 6.45. The molecule has 1 amide bonds. The van der Waals surface area contributed by atoms with Gasteiger partial charge in [0.25, 0.3) is 5.91 Å². The SMILES string of the molecule is O=C(c1ccn(COc2ccc(Cl)cc2Cl)n1)N1CCN(Cc2c(Cl)cccc2Cl)CC1. The van der Waals surface area contributed by atoms with Crippen molar-refractivity contribution in [2.45, 2.75) is 13.3 Å². The molecule has 32 heavy (non-hydrogen) atoms. The number of carbonyl (C=O) groups is 1. The molecule has 0 aliphatic carbocycles. The number of amides is 1. The number of nitrogens with zero attached hydrogens (tertiary/aromatic N) is 4. The van der Waals surface area contributed by atoms with E-state index in [9.17, 15) is 4.79 Å². The van der Waals surface area contributed by atoms with Gasteiger partial charge in [-0.3, -0.25) is 9.69 Å². The lowest BCUT2D eigenvalue weighted by molar-refractivity contribution is 0.0621. The number of rotatable bonds is 6. The molecule has 1 aliphatic heterocycles. The van der Waals surface area contributed by atoms with Crippen molar-refractivity contribution in [2.24, 2.45) is 0 Å². The van der Waals surface area contributed by atoms with Crippen LogP contribution >= 0.6 is 46.4 Å². The highest BCUT2D eigenvalue weighted by Gasteiger charge is 2.24. The molecule has 0 atom stereocenters. The summed E-state index contributed by atoms with van der Waals surface area (Å²) in [5, 5.41) is 6.60. The van der Waals surface area contributed by atoms with Crippen molar-refractivity contribution < 1.29 is 9.53 Å². The summed E-state index contributed by atoms with van der Waals surface area (Å²) in [6, 6.07) is 12.2. The Morgan fingerprint density at radius 2 is 1.66 bits per heavy atom. The molecule has 0 bridgehead atoms. The largest absolute Gasteiger partial charge is 0.470 e. The van der Waals surface area contributed by atoms with Crippen LogP contribution in [0.2, 0.25) is 20.1 Å². The molecule has 2 heterocycles. The van der Waals surface area contributed by atoms with E-state index in [1.54, 1.807) is 40.0 Å². The molecule has 168 valence electrons. The lowest BCUT2D eigenvalue weighted by Crippen LogP contribution is -2.48. The van der Waals surface area contributed by atoms with Gasteiger partial charge < -0.3 is 9.64 Å². The number of benzene rings is 2. The third-order valence-electron chi connectivity index (χ3n) is 5.21. The molecule has 3 aromatic rings. The maximum absolute atomic E-state index is 12.9. The van der Waals surface area contributed by atoms with E-state index in [1.165, 1.54) is 0 Å². The van der Waals surface area contributed by atoms with Crippen molar-refractivity contribution in [3.8, 4) is 5.75 Å². The molecule has 0 saturated carbocycles. The van der Waals surface area contributed by atoms with E-state index in [-0.39, 0.29) is 12.6 Å². The Morgan fingerprint density at radius 1 is 0.938 bits per heavy atom. The van der Waals surface area contributed by atoms with Crippen LogP contribution in [0.4, 0.5) is 0 Å². The molecule has 1 aromatic heterocycles. The lowest BCUT2D eigenvalue weighted by atomic mass is 10.2. The molecule has 1 fully saturated rings. The normalized spacial score (nSPS) is 14.6. The molecule has 0 unspecified atom stereocenters. The van der Waals surface area contributed by atoms with Crippen molar-refractivity contribution in [1.82, 2.24) is 19.6 Å². The van der Waals surface area contributed by atoms with Gasteiger partial charge in [-0.15, -0.1) is 0 Å². The smallest absolute Gasteiger partial charge is 0.274 e. The van der Waals surface area contributed by atoms with Gasteiger partial charge in [-0.1, -0.05) is 52.5 Å². The first-order valence-electron chi connectivity index (χ1n) is 9.96. The lowest BCUT2D eigenvalue weighted by Gasteiger charge is -2.34. The van der Waals surface area contributed by atoms with Crippen molar-refractivity contribution in [3.05, 3.63) is 80.0 Å². The second kappa shape index (κ2) is 10.3. The first kappa shape index (κ1) is 23.2. The number of piperazine rings is 1. The summed E-state index contributed by atoms with van der Waals surface area (Å²) in [6.45, 7) is 3.44. The van der Waals surface area contributed by atoms with Gasteiger partial charge in [-0.2, -0.15) is 5.10 Å². The maximum atomic E-state index is 12.9.